The van der Waals surface area contributed by atoms with Gasteiger partial charge in [-0.2, -0.15) is 0 Å². The van der Waals surface area contributed by atoms with Crippen LogP contribution in [-0.2, 0) is 0 Å². The smallest absolute Gasteiger partial charge is 0.260 e. The molecule has 5 heteroatoms. The number of nitrogens with zero attached hydrogens (tertiary/aromatic N) is 1. The summed E-state index contributed by atoms with van der Waals surface area (Å²) in [6.45, 7) is 4.16. The SMILES string of the molecule is Cc1ccc(-c2csc3nc(-c4ccc(Cl)cc4)[nH]c(=O)c23)cc1C. The lowest BCUT2D eigenvalue weighted by atomic mass is 10.0. The minimum absolute atomic E-state index is 0.121. The number of nitrogens with one attached hydrogen (secondary N) is 1. The lowest BCUT2D eigenvalue weighted by molar-refractivity contribution is 1.19. The lowest BCUT2D eigenvalue weighted by Crippen LogP contribution is -2.09. The number of aromatic nitrogens is 2. The van der Waals surface area contributed by atoms with Gasteiger partial charge in [0, 0.05) is 21.5 Å². The van der Waals surface area contributed by atoms with Crippen molar-refractivity contribution in [2.24, 2.45) is 0 Å². The van der Waals surface area contributed by atoms with Crippen LogP contribution in [0.1, 0.15) is 11.1 Å². The first-order chi connectivity index (χ1) is 12.0. The first-order valence-electron chi connectivity index (χ1n) is 7.88. The van der Waals surface area contributed by atoms with Crippen LogP contribution in [0, 0.1) is 13.8 Å². The molecular formula is C20H15ClN2OS. The molecule has 124 valence electrons. The number of thiophene rings is 1. The highest BCUT2D eigenvalue weighted by Crippen LogP contribution is 2.32. The minimum Gasteiger partial charge on any atom is -0.306 e. The van der Waals surface area contributed by atoms with Crippen molar-refractivity contribution in [3.05, 3.63) is 74.3 Å². The minimum atomic E-state index is -0.121. The fourth-order valence-corrected chi connectivity index (χ4v) is 3.89. The highest BCUT2D eigenvalue weighted by atomic mass is 35.5. The predicted molar refractivity (Wildman–Crippen MR) is 106 cm³/mol. The van der Waals surface area contributed by atoms with Crippen molar-refractivity contribution in [2.75, 3.05) is 0 Å². The van der Waals surface area contributed by atoms with Gasteiger partial charge in [0.05, 0.1) is 5.39 Å². The standard InChI is InChI=1S/C20H15ClN2OS/c1-11-3-4-14(9-12(11)2)16-10-25-20-17(16)19(24)22-18(23-20)13-5-7-15(21)8-6-13/h3-10H,1-2H3,(H,22,23,24). The molecule has 0 saturated carbocycles. The summed E-state index contributed by atoms with van der Waals surface area (Å²) in [6.07, 6.45) is 0. The summed E-state index contributed by atoms with van der Waals surface area (Å²) in [5.41, 5.74) is 5.13. The van der Waals surface area contributed by atoms with Crippen molar-refractivity contribution in [1.82, 2.24) is 9.97 Å². The Hall–Kier alpha value is -2.43. The molecule has 0 bridgehead atoms. The summed E-state index contributed by atoms with van der Waals surface area (Å²) < 4.78 is 0. The van der Waals surface area contributed by atoms with Crippen LogP contribution in [0.15, 0.2) is 52.6 Å². The van der Waals surface area contributed by atoms with Gasteiger partial charge in [-0.1, -0.05) is 29.8 Å². The second-order valence-electron chi connectivity index (χ2n) is 6.05. The van der Waals surface area contributed by atoms with Crippen LogP contribution in [-0.4, -0.2) is 9.97 Å². The van der Waals surface area contributed by atoms with Gasteiger partial charge in [-0.15, -0.1) is 11.3 Å². The van der Waals surface area contributed by atoms with E-state index in [2.05, 4.69) is 42.0 Å². The second-order valence-corrected chi connectivity index (χ2v) is 7.34. The van der Waals surface area contributed by atoms with Crippen molar-refractivity contribution in [2.45, 2.75) is 13.8 Å². The lowest BCUT2D eigenvalue weighted by Gasteiger charge is -2.05. The van der Waals surface area contributed by atoms with Crippen LogP contribution in [0.2, 0.25) is 5.02 Å². The summed E-state index contributed by atoms with van der Waals surface area (Å²) in [7, 11) is 0. The van der Waals surface area contributed by atoms with Gasteiger partial charge in [-0.3, -0.25) is 4.79 Å². The van der Waals surface area contributed by atoms with Crippen molar-refractivity contribution in [3.63, 3.8) is 0 Å². The molecule has 0 aliphatic rings. The van der Waals surface area contributed by atoms with E-state index in [9.17, 15) is 4.79 Å². The number of hydrogen-bond donors (Lipinski definition) is 1. The van der Waals surface area contributed by atoms with Gasteiger partial charge in [0.15, 0.2) is 0 Å². The third kappa shape index (κ3) is 2.88. The molecule has 0 saturated heterocycles. The molecule has 2 aromatic heterocycles. The topological polar surface area (TPSA) is 45.8 Å². The van der Waals surface area contributed by atoms with E-state index in [1.54, 1.807) is 12.1 Å². The van der Waals surface area contributed by atoms with Crippen LogP contribution >= 0.6 is 22.9 Å². The average molecular weight is 367 g/mol. The fourth-order valence-electron chi connectivity index (χ4n) is 2.81. The Balaban J connectivity index is 1.89. The molecule has 3 nitrogen and oxygen atoms in total. The molecule has 4 rings (SSSR count). The number of hydrogen-bond acceptors (Lipinski definition) is 3. The Morgan fingerprint density at radius 2 is 1.72 bits per heavy atom. The first kappa shape index (κ1) is 16.1. The molecule has 2 aromatic carbocycles. The maximum atomic E-state index is 12.7. The highest BCUT2D eigenvalue weighted by molar-refractivity contribution is 7.17. The van der Waals surface area contributed by atoms with E-state index in [4.69, 9.17) is 11.6 Å². The summed E-state index contributed by atoms with van der Waals surface area (Å²) in [5, 5.41) is 3.30. The van der Waals surface area contributed by atoms with Crippen LogP contribution in [0.3, 0.4) is 0 Å². The van der Waals surface area contributed by atoms with E-state index >= 15 is 0 Å². The molecule has 0 spiro atoms. The summed E-state index contributed by atoms with van der Waals surface area (Å²) in [5.74, 6) is 0.558. The Labute approximate surface area is 154 Å². The summed E-state index contributed by atoms with van der Waals surface area (Å²) in [6, 6.07) is 13.5. The van der Waals surface area contributed by atoms with Crippen molar-refractivity contribution in [1.29, 1.82) is 0 Å². The van der Waals surface area contributed by atoms with E-state index < -0.39 is 0 Å². The van der Waals surface area contributed by atoms with Crippen LogP contribution in [0.25, 0.3) is 32.7 Å². The molecule has 1 N–H and O–H groups in total. The van der Waals surface area contributed by atoms with Crippen LogP contribution in [0.4, 0.5) is 0 Å². The molecule has 0 unspecified atom stereocenters. The fraction of sp³-hybridized carbons (Fsp3) is 0.100. The van der Waals surface area contributed by atoms with Gasteiger partial charge in [0.2, 0.25) is 0 Å². The molecule has 0 radical (unpaired) electrons. The van der Waals surface area contributed by atoms with E-state index in [1.165, 1.54) is 22.5 Å². The van der Waals surface area contributed by atoms with E-state index in [1.807, 2.05) is 17.5 Å². The number of fused-ring (bicyclic) bond motifs is 1. The molecule has 2 heterocycles. The highest BCUT2D eigenvalue weighted by Gasteiger charge is 2.14. The van der Waals surface area contributed by atoms with Gasteiger partial charge in [-0.25, -0.2) is 4.98 Å². The van der Waals surface area contributed by atoms with Crippen molar-refractivity contribution < 1.29 is 0 Å². The number of benzene rings is 2. The zero-order chi connectivity index (χ0) is 17.6. The zero-order valence-corrected chi connectivity index (χ0v) is 15.3. The first-order valence-corrected chi connectivity index (χ1v) is 9.14. The number of halogens is 1. The number of aromatic amines is 1. The van der Waals surface area contributed by atoms with Crippen molar-refractivity contribution >= 4 is 33.2 Å². The van der Waals surface area contributed by atoms with Gasteiger partial charge >= 0.3 is 0 Å². The number of aryl methyl sites for hydroxylation is 2. The van der Waals surface area contributed by atoms with Gasteiger partial charge in [0.25, 0.3) is 5.56 Å². The molecular weight excluding hydrogens is 352 g/mol. The maximum absolute atomic E-state index is 12.7. The normalized spacial score (nSPS) is 11.2. The quantitative estimate of drug-likeness (QED) is 0.502. The van der Waals surface area contributed by atoms with Gasteiger partial charge in [-0.05, 0) is 54.8 Å². The van der Waals surface area contributed by atoms with E-state index in [0.717, 1.165) is 21.5 Å². The molecule has 0 atom stereocenters. The van der Waals surface area contributed by atoms with Gasteiger partial charge < -0.3 is 4.98 Å². The Morgan fingerprint density at radius 3 is 2.44 bits per heavy atom. The van der Waals surface area contributed by atoms with Gasteiger partial charge in [0.1, 0.15) is 10.7 Å². The number of rotatable bonds is 2. The molecule has 0 amide bonds. The van der Waals surface area contributed by atoms with E-state index in [0.29, 0.717) is 16.2 Å². The molecule has 0 fully saturated rings. The summed E-state index contributed by atoms with van der Waals surface area (Å²) in [4.78, 5) is 21.0. The largest absolute Gasteiger partial charge is 0.306 e. The molecule has 25 heavy (non-hydrogen) atoms. The molecule has 4 aromatic rings. The average Bonchev–Trinajstić information content (AvgIpc) is 3.02. The Kier molecular flexibility index (Phi) is 3.94. The molecule has 0 aliphatic heterocycles. The third-order valence-corrected chi connectivity index (χ3v) is 5.50. The van der Waals surface area contributed by atoms with E-state index in [-0.39, 0.29) is 5.56 Å². The third-order valence-electron chi connectivity index (χ3n) is 4.38. The molecule has 0 aliphatic carbocycles. The van der Waals surface area contributed by atoms with Crippen LogP contribution < -0.4 is 5.56 Å². The monoisotopic (exact) mass is 366 g/mol. The summed E-state index contributed by atoms with van der Waals surface area (Å²) >= 11 is 7.42. The predicted octanol–water partition coefficient (Wildman–Crippen LogP) is 5.59. The second kappa shape index (κ2) is 6.14. The van der Waals surface area contributed by atoms with Crippen molar-refractivity contribution in [3.8, 4) is 22.5 Å². The maximum Gasteiger partial charge on any atom is 0.260 e. The zero-order valence-electron chi connectivity index (χ0n) is 13.8. The number of H-pyrrole nitrogens is 1. The Bertz CT molecular complexity index is 1140. The Morgan fingerprint density at radius 1 is 1.00 bits per heavy atom. The van der Waals surface area contributed by atoms with Crippen LogP contribution in [0.5, 0.6) is 0 Å².